The van der Waals surface area contributed by atoms with E-state index < -0.39 is 18.6 Å². The molecule has 0 aliphatic heterocycles. The van der Waals surface area contributed by atoms with Gasteiger partial charge in [-0.25, -0.2) is 0 Å². The lowest BCUT2D eigenvalue weighted by atomic mass is 10.1. The molecule has 23 heavy (non-hydrogen) atoms. The van der Waals surface area contributed by atoms with E-state index in [1.165, 1.54) is 11.8 Å². The predicted molar refractivity (Wildman–Crippen MR) is 81.8 cm³/mol. The summed E-state index contributed by atoms with van der Waals surface area (Å²) >= 11 is 1.19. The molecule has 1 aromatic carbocycles. The zero-order chi connectivity index (χ0) is 16.9. The van der Waals surface area contributed by atoms with Gasteiger partial charge in [0.05, 0.1) is 11.5 Å². The van der Waals surface area contributed by atoms with Crippen LogP contribution in [0.2, 0.25) is 0 Å². The van der Waals surface area contributed by atoms with Crippen molar-refractivity contribution in [3.05, 3.63) is 42.2 Å². The van der Waals surface area contributed by atoms with Crippen molar-refractivity contribution >= 4 is 17.7 Å². The normalized spacial score (nSPS) is 11.5. The molecule has 1 aromatic heterocycles. The number of halogens is 3. The molecule has 0 radical (unpaired) electrons. The van der Waals surface area contributed by atoms with Crippen molar-refractivity contribution in [3.8, 4) is 11.3 Å². The fourth-order valence-corrected chi connectivity index (χ4v) is 2.67. The minimum atomic E-state index is -4.38. The molecule has 0 bridgehead atoms. The van der Waals surface area contributed by atoms with Crippen LogP contribution in [0.3, 0.4) is 0 Å². The Kier molecular flexibility index (Phi) is 5.70. The van der Waals surface area contributed by atoms with Gasteiger partial charge >= 0.3 is 6.18 Å². The van der Waals surface area contributed by atoms with Crippen LogP contribution in [0.5, 0.6) is 0 Å². The summed E-state index contributed by atoms with van der Waals surface area (Å²) in [5, 5.41) is 3.94. The van der Waals surface area contributed by atoms with Crippen molar-refractivity contribution in [2.45, 2.75) is 11.9 Å². The van der Waals surface area contributed by atoms with Crippen LogP contribution in [0.25, 0.3) is 11.3 Å². The lowest BCUT2D eigenvalue weighted by Crippen LogP contribution is -2.36. The maximum absolute atomic E-state index is 12.2. The number of alkyl halides is 3. The molecule has 124 valence electrons. The molecular formula is C15H15F3N2O2S. The number of carbonyl (C=O) groups is 1. The molecule has 2 rings (SSSR count). The van der Waals surface area contributed by atoms with E-state index in [9.17, 15) is 18.0 Å². The molecule has 0 saturated heterocycles. The molecule has 0 atom stereocenters. The first kappa shape index (κ1) is 17.4. The SMILES string of the molecule is CN(CC(F)(F)F)C(=O)CSCc1cc(-c2ccccc2)no1. The summed E-state index contributed by atoms with van der Waals surface area (Å²) in [6.07, 6.45) is -4.38. The van der Waals surface area contributed by atoms with Crippen molar-refractivity contribution in [2.75, 3.05) is 19.3 Å². The first-order valence-corrected chi connectivity index (χ1v) is 7.90. The standard InChI is InChI=1S/C15H15F3N2O2S/c1-20(10-15(16,17)18)14(21)9-23-8-12-7-13(19-22-12)11-5-3-2-4-6-11/h2-7H,8-10H2,1H3. The number of aromatic nitrogens is 1. The Morgan fingerprint density at radius 2 is 2.00 bits per heavy atom. The number of rotatable bonds is 6. The van der Waals surface area contributed by atoms with Crippen LogP contribution in [-0.2, 0) is 10.5 Å². The maximum atomic E-state index is 12.2. The Morgan fingerprint density at radius 3 is 2.65 bits per heavy atom. The van der Waals surface area contributed by atoms with E-state index >= 15 is 0 Å². The fraction of sp³-hybridized carbons (Fsp3) is 0.333. The summed E-state index contributed by atoms with van der Waals surface area (Å²) < 4.78 is 41.7. The highest BCUT2D eigenvalue weighted by molar-refractivity contribution is 7.99. The lowest BCUT2D eigenvalue weighted by molar-refractivity contribution is -0.156. The van der Waals surface area contributed by atoms with E-state index in [0.29, 0.717) is 22.1 Å². The van der Waals surface area contributed by atoms with Crippen LogP contribution < -0.4 is 0 Å². The van der Waals surface area contributed by atoms with Crippen LogP contribution in [0.15, 0.2) is 40.9 Å². The van der Waals surface area contributed by atoms with Crippen molar-refractivity contribution in [3.63, 3.8) is 0 Å². The van der Waals surface area contributed by atoms with Crippen LogP contribution in [0, 0.1) is 0 Å². The molecule has 4 nitrogen and oxygen atoms in total. The third kappa shape index (κ3) is 5.63. The number of thioether (sulfide) groups is 1. The second kappa shape index (κ2) is 7.54. The third-order valence-electron chi connectivity index (χ3n) is 2.94. The van der Waals surface area contributed by atoms with E-state index in [4.69, 9.17) is 4.52 Å². The Bertz CT molecular complexity index is 644. The summed E-state index contributed by atoms with van der Waals surface area (Å²) in [7, 11) is 1.14. The molecule has 0 spiro atoms. The van der Waals surface area contributed by atoms with E-state index in [1.807, 2.05) is 30.3 Å². The Morgan fingerprint density at radius 1 is 1.30 bits per heavy atom. The highest BCUT2D eigenvalue weighted by Crippen LogP contribution is 2.22. The molecule has 0 saturated carbocycles. The summed E-state index contributed by atoms with van der Waals surface area (Å²) in [4.78, 5) is 12.3. The second-order valence-corrected chi connectivity index (χ2v) is 5.89. The Balaban J connectivity index is 1.81. The largest absolute Gasteiger partial charge is 0.406 e. The quantitative estimate of drug-likeness (QED) is 0.803. The average Bonchev–Trinajstić information content (AvgIpc) is 2.95. The number of hydrogen-bond acceptors (Lipinski definition) is 4. The molecule has 0 aliphatic rings. The van der Waals surface area contributed by atoms with Crippen molar-refractivity contribution in [1.82, 2.24) is 10.1 Å². The summed E-state index contributed by atoms with van der Waals surface area (Å²) in [5.41, 5.74) is 1.59. The molecule has 0 fully saturated rings. The van der Waals surface area contributed by atoms with E-state index in [0.717, 1.165) is 12.6 Å². The van der Waals surface area contributed by atoms with Crippen LogP contribution in [0.4, 0.5) is 13.2 Å². The first-order valence-electron chi connectivity index (χ1n) is 6.74. The zero-order valence-electron chi connectivity index (χ0n) is 12.3. The minimum absolute atomic E-state index is 0.0477. The zero-order valence-corrected chi connectivity index (χ0v) is 13.2. The highest BCUT2D eigenvalue weighted by Gasteiger charge is 2.31. The summed E-state index contributed by atoms with van der Waals surface area (Å²) in [6, 6.07) is 11.2. The molecule has 0 unspecified atom stereocenters. The minimum Gasteiger partial charge on any atom is -0.360 e. The van der Waals surface area contributed by atoms with Gasteiger partial charge in [0.15, 0.2) is 0 Å². The summed E-state index contributed by atoms with van der Waals surface area (Å²) in [5.74, 6) is 0.314. The number of hydrogen-bond donors (Lipinski definition) is 0. The second-order valence-electron chi connectivity index (χ2n) is 4.90. The summed E-state index contributed by atoms with van der Waals surface area (Å²) in [6.45, 7) is -1.24. The number of benzene rings is 1. The first-order chi connectivity index (χ1) is 10.8. The Labute approximate surface area is 135 Å². The predicted octanol–water partition coefficient (Wildman–Crippen LogP) is 3.60. The molecule has 8 heteroatoms. The van der Waals surface area contributed by atoms with Gasteiger partial charge < -0.3 is 9.42 Å². The van der Waals surface area contributed by atoms with E-state index in [1.54, 1.807) is 6.07 Å². The monoisotopic (exact) mass is 344 g/mol. The van der Waals surface area contributed by atoms with Crippen molar-refractivity contribution < 1.29 is 22.5 Å². The van der Waals surface area contributed by atoms with Gasteiger partial charge in [0.25, 0.3) is 0 Å². The van der Waals surface area contributed by atoms with Gasteiger partial charge in [0.1, 0.15) is 18.0 Å². The number of amides is 1. The van der Waals surface area contributed by atoms with Crippen LogP contribution >= 0.6 is 11.8 Å². The van der Waals surface area contributed by atoms with Gasteiger partial charge in [-0.05, 0) is 0 Å². The van der Waals surface area contributed by atoms with Crippen molar-refractivity contribution in [2.24, 2.45) is 0 Å². The van der Waals surface area contributed by atoms with Gasteiger partial charge in [0.2, 0.25) is 5.91 Å². The third-order valence-corrected chi connectivity index (χ3v) is 3.88. The smallest absolute Gasteiger partial charge is 0.360 e. The van der Waals surface area contributed by atoms with Crippen LogP contribution in [0.1, 0.15) is 5.76 Å². The van der Waals surface area contributed by atoms with E-state index in [-0.39, 0.29) is 5.75 Å². The van der Waals surface area contributed by atoms with Crippen molar-refractivity contribution in [1.29, 1.82) is 0 Å². The van der Waals surface area contributed by atoms with Gasteiger partial charge in [-0.3, -0.25) is 4.79 Å². The van der Waals surface area contributed by atoms with Gasteiger partial charge in [-0.2, -0.15) is 13.2 Å². The van der Waals surface area contributed by atoms with Gasteiger partial charge in [0, 0.05) is 18.7 Å². The van der Waals surface area contributed by atoms with Crippen LogP contribution in [-0.4, -0.2) is 41.5 Å². The highest BCUT2D eigenvalue weighted by atomic mass is 32.2. The Hall–Kier alpha value is -1.96. The molecular weight excluding hydrogens is 329 g/mol. The number of nitrogens with zero attached hydrogens (tertiary/aromatic N) is 2. The molecule has 1 heterocycles. The van der Waals surface area contributed by atoms with Gasteiger partial charge in [-0.1, -0.05) is 35.5 Å². The lowest BCUT2D eigenvalue weighted by Gasteiger charge is -2.18. The molecule has 0 N–H and O–H groups in total. The molecule has 0 aliphatic carbocycles. The molecule has 1 amide bonds. The van der Waals surface area contributed by atoms with Gasteiger partial charge in [-0.15, -0.1) is 11.8 Å². The number of carbonyl (C=O) groups excluding carboxylic acids is 1. The average molecular weight is 344 g/mol. The topological polar surface area (TPSA) is 46.3 Å². The van der Waals surface area contributed by atoms with E-state index in [2.05, 4.69) is 5.16 Å². The fourth-order valence-electron chi connectivity index (χ4n) is 1.83. The maximum Gasteiger partial charge on any atom is 0.406 e. The molecule has 2 aromatic rings.